The highest BCUT2D eigenvalue weighted by atomic mass is 16.5. The molecule has 2 amide bonds. The molecular formula is C30H27N3O5. The van der Waals surface area contributed by atoms with Crippen LogP contribution < -0.4 is 15.0 Å². The van der Waals surface area contributed by atoms with Crippen LogP contribution in [0.2, 0.25) is 0 Å². The average Bonchev–Trinajstić information content (AvgIpc) is 3.21. The van der Waals surface area contributed by atoms with Gasteiger partial charge in [-0.05, 0) is 49.4 Å². The van der Waals surface area contributed by atoms with Crippen molar-refractivity contribution in [3.8, 4) is 11.5 Å². The van der Waals surface area contributed by atoms with Crippen LogP contribution in [-0.4, -0.2) is 45.5 Å². The van der Waals surface area contributed by atoms with E-state index in [1.165, 1.54) is 4.90 Å². The van der Waals surface area contributed by atoms with Crippen LogP contribution in [0.4, 0.5) is 0 Å². The Balaban J connectivity index is 1.19. The first-order chi connectivity index (χ1) is 18.5. The van der Waals surface area contributed by atoms with E-state index in [4.69, 9.17) is 9.47 Å². The SMILES string of the molecule is COc1cc2ncn(Cc3ccccc3)c(=O)c2cc1OC1CCC(N2C(=O)c3ccccc3C2=O)CC1. The van der Waals surface area contributed by atoms with Gasteiger partial charge in [-0.3, -0.25) is 23.9 Å². The normalized spacial score (nSPS) is 19.0. The number of carbonyl (C=O) groups excluding carboxylic acids is 2. The minimum absolute atomic E-state index is 0.129. The summed E-state index contributed by atoms with van der Waals surface area (Å²) in [5.41, 5.74) is 2.35. The molecular weight excluding hydrogens is 482 g/mol. The fourth-order valence-corrected chi connectivity index (χ4v) is 5.45. The Kier molecular flexibility index (Phi) is 6.15. The highest BCUT2D eigenvalue weighted by Gasteiger charge is 2.41. The molecule has 8 heteroatoms. The summed E-state index contributed by atoms with van der Waals surface area (Å²) >= 11 is 0. The predicted octanol–water partition coefficient (Wildman–Crippen LogP) is 4.44. The molecule has 0 N–H and O–H groups in total. The topological polar surface area (TPSA) is 90.7 Å². The van der Waals surface area contributed by atoms with Gasteiger partial charge in [0.1, 0.15) is 0 Å². The van der Waals surface area contributed by atoms with Gasteiger partial charge in [0.15, 0.2) is 11.5 Å². The number of imide groups is 1. The molecule has 1 saturated carbocycles. The molecule has 38 heavy (non-hydrogen) atoms. The maximum Gasteiger partial charge on any atom is 0.261 e. The first-order valence-corrected chi connectivity index (χ1v) is 12.8. The number of aromatic nitrogens is 2. The fraction of sp³-hybridized carbons (Fsp3) is 0.267. The Bertz CT molecular complexity index is 1550. The molecule has 1 aliphatic carbocycles. The minimum Gasteiger partial charge on any atom is -0.493 e. The molecule has 3 aromatic carbocycles. The van der Waals surface area contributed by atoms with Gasteiger partial charge in [-0.25, -0.2) is 4.98 Å². The summed E-state index contributed by atoms with van der Waals surface area (Å²) < 4.78 is 13.5. The number of rotatable bonds is 6. The van der Waals surface area contributed by atoms with E-state index in [1.54, 1.807) is 54.4 Å². The van der Waals surface area contributed by atoms with Gasteiger partial charge in [0.05, 0.1) is 48.1 Å². The molecule has 1 fully saturated rings. The van der Waals surface area contributed by atoms with Crippen LogP contribution in [0.1, 0.15) is 52.0 Å². The van der Waals surface area contributed by atoms with Gasteiger partial charge in [-0.2, -0.15) is 0 Å². The Labute approximate surface area is 219 Å². The van der Waals surface area contributed by atoms with Crippen LogP contribution in [0.5, 0.6) is 11.5 Å². The summed E-state index contributed by atoms with van der Waals surface area (Å²) in [7, 11) is 1.56. The van der Waals surface area contributed by atoms with Crippen LogP contribution in [0, 0.1) is 0 Å². The number of methoxy groups -OCH3 is 1. The first kappa shape index (κ1) is 23.9. The van der Waals surface area contributed by atoms with Crippen LogP contribution in [0.15, 0.2) is 77.9 Å². The summed E-state index contributed by atoms with van der Waals surface area (Å²) in [6, 6.07) is 20.0. The number of nitrogens with zero attached hydrogens (tertiary/aromatic N) is 3. The maximum atomic E-state index is 13.3. The van der Waals surface area contributed by atoms with Gasteiger partial charge in [0.25, 0.3) is 17.4 Å². The van der Waals surface area contributed by atoms with Gasteiger partial charge < -0.3 is 9.47 Å². The minimum atomic E-state index is -0.217. The lowest BCUT2D eigenvalue weighted by molar-refractivity contribution is 0.0476. The molecule has 192 valence electrons. The lowest BCUT2D eigenvalue weighted by atomic mass is 9.91. The second-order valence-electron chi connectivity index (χ2n) is 9.76. The third kappa shape index (κ3) is 4.22. The van der Waals surface area contributed by atoms with Crippen molar-refractivity contribution in [1.29, 1.82) is 0 Å². The van der Waals surface area contributed by atoms with Crippen molar-refractivity contribution in [1.82, 2.24) is 14.5 Å². The highest BCUT2D eigenvalue weighted by molar-refractivity contribution is 6.21. The van der Waals surface area contributed by atoms with Crippen molar-refractivity contribution >= 4 is 22.7 Å². The zero-order chi connectivity index (χ0) is 26.2. The number of ether oxygens (including phenoxy) is 2. The smallest absolute Gasteiger partial charge is 0.261 e. The molecule has 8 nitrogen and oxygen atoms in total. The van der Waals surface area contributed by atoms with Crippen molar-refractivity contribution in [2.75, 3.05) is 7.11 Å². The standard InChI is InChI=1S/C30H27N3O5/c1-37-26-16-25-24(28(34)32(18-31-25)17-19-7-3-2-4-8-19)15-27(26)38-21-13-11-20(12-14-21)33-29(35)22-9-5-6-10-23(22)30(33)36/h2-10,15-16,18,20-21H,11-14,17H2,1H3. The highest BCUT2D eigenvalue weighted by Crippen LogP contribution is 2.36. The first-order valence-electron chi connectivity index (χ1n) is 12.8. The molecule has 6 rings (SSSR count). The average molecular weight is 510 g/mol. The Morgan fingerprint density at radius 2 is 1.50 bits per heavy atom. The van der Waals surface area contributed by atoms with Crippen LogP contribution in [-0.2, 0) is 6.54 Å². The molecule has 0 saturated heterocycles. The molecule has 1 aromatic heterocycles. The molecule has 0 radical (unpaired) electrons. The van der Waals surface area contributed by atoms with Gasteiger partial charge in [0.2, 0.25) is 0 Å². The van der Waals surface area contributed by atoms with Crippen LogP contribution in [0.3, 0.4) is 0 Å². The van der Waals surface area contributed by atoms with Crippen molar-refractivity contribution in [3.63, 3.8) is 0 Å². The molecule has 0 unspecified atom stereocenters. The number of fused-ring (bicyclic) bond motifs is 2. The van der Waals surface area contributed by atoms with E-state index < -0.39 is 0 Å². The summed E-state index contributed by atoms with van der Waals surface area (Å²) in [4.78, 5) is 44.9. The van der Waals surface area contributed by atoms with E-state index in [0.717, 1.165) is 5.56 Å². The van der Waals surface area contributed by atoms with Crippen molar-refractivity contribution in [2.24, 2.45) is 0 Å². The van der Waals surface area contributed by atoms with E-state index in [9.17, 15) is 14.4 Å². The second kappa shape index (κ2) is 9.78. The van der Waals surface area contributed by atoms with Crippen molar-refractivity contribution in [2.45, 2.75) is 44.4 Å². The molecule has 2 aliphatic rings. The van der Waals surface area contributed by atoms with E-state index in [1.807, 2.05) is 30.3 Å². The fourth-order valence-electron chi connectivity index (χ4n) is 5.45. The summed E-state index contributed by atoms with van der Waals surface area (Å²) in [6.45, 7) is 0.423. The molecule has 4 aromatic rings. The van der Waals surface area contributed by atoms with Gasteiger partial charge >= 0.3 is 0 Å². The summed E-state index contributed by atoms with van der Waals surface area (Å²) in [5, 5.41) is 0.457. The van der Waals surface area contributed by atoms with E-state index in [-0.39, 0.29) is 29.5 Å². The number of hydrogen-bond donors (Lipinski definition) is 0. The summed E-state index contributed by atoms with van der Waals surface area (Å²) in [6.07, 6.45) is 4.07. The number of carbonyl (C=O) groups is 2. The van der Waals surface area contributed by atoms with Gasteiger partial charge in [0, 0.05) is 12.1 Å². The summed E-state index contributed by atoms with van der Waals surface area (Å²) in [5.74, 6) is 0.559. The predicted molar refractivity (Wildman–Crippen MR) is 142 cm³/mol. The lowest BCUT2D eigenvalue weighted by Crippen LogP contribution is -2.43. The second-order valence-corrected chi connectivity index (χ2v) is 9.76. The van der Waals surface area contributed by atoms with Crippen LogP contribution >= 0.6 is 0 Å². The Hall–Kier alpha value is -4.46. The van der Waals surface area contributed by atoms with E-state index in [0.29, 0.717) is 65.8 Å². The zero-order valence-electron chi connectivity index (χ0n) is 21.0. The molecule has 0 bridgehead atoms. The number of amides is 2. The van der Waals surface area contributed by atoms with Crippen molar-refractivity contribution in [3.05, 3.63) is 100 Å². The zero-order valence-corrected chi connectivity index (χ0v) is 21.0. The molecule has 0 spiro atoms. The molecule has 2 heterocycles. The number of benzene rings is 3. The van der Waals surface area contributed by atoms with Crippen molar-refractivity contribution < 1.29 is 19.1 Å². The largest absolute Gasteiger partial charge is 0.493 e. The van der Waals surface area contributed by atoms with Crippen LogP contribution in [0.25, 0.3) is 10.9 Å². The lowest BCUT2D eigenvalue weighted by Gasteiger charge is -2.33. The molecule has 1 aliphatic heterocycles. The van der Waals surface area contributed by atoms with E-state index >= 15 is 0 Å². The Morgan fingerprint density at radius 1 is 0.842 bits per heavy atom. The monoisotopic (exact) mass is 509 g/mol. The van der Waals surface area contributed by atoms with Gasteiger partial charge in [-0.1, -0.05) is 42.5 Å². The number of hydrogen-bond acceptors (Lipinski definition) is 6. The maximum absolute atomic E-state index is 13.3. The Morgan fingerprint density at radius 3 is 2.16 bits per heavy atom. The quantitative estimate of drug-likeness (QED) is 0.357. The third-order valence-electron chi connectivity index (χ3n) is 7.43. The third-order valence-corrected chi connectivity index (χ3v) is 7.43. The van der Waals surface area contributed by atoms with Gasteiger partial charge in [-0.15, -0.1) is 0 Å². The van der Waals surface area contributed by atoms with E-state index in [2.05, 4.69) is 4.98 Å². The molecule has 0 atom stereocenters.